The topological polar surface area (TPSA) is 48.5 Å². The second-order valence-corrected chi connectivity index (χ2v) is 9.59. The van der Waals surface area contributed by atoms with Crippen LogP contribution in [0.1, 0.15) is 67.6 Å². The number of aromatic nitrogens is 1. The lowest BCUT2D eigenvalue weighted by molar-refractivity contribution is -0.105. The van der Waals surface area contributed by atoms with E-state index in [-0.39, 0.29) is 5.82 Å². The minimum atomic E-state index is -0.307. The summed E-state index contributed by atoms with van der Waals surface area (Å²) >= 11 is 0. The summed E-state index contributed by atoms with van der Waals surface area (Å²) in [6.07, 6.45) is 5.83. The van der Waals surface area contributed by atoms with E-state index >= 15 is 0 Å². The van der Waals surface area contributed by atoms with Gasteiger partial charge in [0.1, 0.15) is 5.82 Å². The summed E-state index contributed by atoms with van der Waals surface area (Å²) < 4.78 is 13.8. The summed E-state index contributed by atoms with van der Waals surface area (Å²) in [4.78, 5) is 19.8. The van der Waals surface area contributed by atoms with Crippen LogP contribution >= 0.6 is 0 Å². The summed E-state index contributed by atoms with van der Waals surface area (Å²) in [7, 11) is 0. The summed E-state index contributed by atoms with van der Waals surface area (Å²) in [5.74, 6) is 0.368. The Morgan fingerprint density at radius 3 is 2.28 bits per heavy atom. The average molecular weight is 497 g/mol. The first kappa shape index (κ1) is 29.5. The van der Waals surface area contributed by atoms with E-state index in [4.69, 9.17) is 0 Å². The monoisotopic (exact) mass is 496 g/mol. The SMILES string of the molecule is C=C(C1CCCC1)N1CCN(Cc2cc(F)cc(NC=O)c2C)CC1.CC.Cc1ccc(C)c(C)n1. The van der Waals surface area contributed by atoms with Gasteiger partial charge in [0.15, 0.2) is 0 Å². The second kappa shape index (κ2) is 14.7. The molecule has 1 aromatic heterocycles. The number of rotatable bonds is 6. The Balaban J connectivity index is 0.000000347. The molecule has 1 N–H and O–H groups in total. The number of hydrogen-bond acceptors (Lipinski definition) is 4. The summed E-state index contributed by atoms with van der Waals surface area (Å²) in [6.45, 7) is 21.0. The van der Waals surface area contributed by atoms with Gasteiger partial charge in [-0.05, 0) is 81.3 Å². The summed E-state index contributed by atoms with van der Waals surface area (Å²) in [5, 5.41) is 2.59. The Morgan fingerprint density at radius 2 is 1.72 bits per heavy atom. The molecule has 0 radical (unpaired) electrons. The Morgan fingerprint density at radius 1 is 1.08 bits per heavy atom. The van der Waals surface area contributed by atoms with Crippen molar-refractivity contribution < 1.29 is 9.18 Å². The van der Waals surface area contributed by atoms with Crippen LogP contribution in [-0.4, -0.2) is 47.4 Å². The number of piperazine rings is 1. The molecule has 0 unspecified atom stereocenters. The maximum absolute atomic E-state index is 13.8. The first-order valence-corrected chi connectivity index (χ1v) is 13.3. The smallest absolute Gasteiger partial charge is 0.211 e. The number of nitrogens with one attached hydrogen (secondary N) is 1. The molecule has 1 aliphatic carbocycles. The van der Waals surface area contributed by atoms with E-state index in [9.17, 15) is 9.18 Å². The third kappa shape index (κ3) is 8.44. The molecule has 1 aliphatic heterocycles. The van der Waals surface area contributed by atoms with Gasteiger partial charge < -0.3 is 10.2 Å². The normalized spacial score (nSPS) is 15.9. The zero-order chi connectivity index (χ0) is 26.7. The molecule has 36 heavy (non-hydrogen) atoms. The fourth-order valence-electron chi connectivity index (χ4n) is 4.82. The maximum Gasteiger partial charge on any atom is 0.211 e. The van der Waals surface area contributed by atoms with E-state index in [1.165, 1.54) is 43.0 Å². The molecule has 2 aromatic rings. The van der Waals surface area contributed by atoms with Crippen molar-refractivity contribution in [1.82, 2.24) is 14.8 Å². The third-order valence-corrected chi connectivity index (χ3v) is 7.18. The highest BCUT2D eigenvalue weighted by molar-refractivity contribution is 5.74. The first-order valence-electron chi connectivity index (χ1n) is 13.3. The standard InChI is InChI=1S/C20H28FN3O.C8H11N.C2H6/c1-15-18(11-19(21)12-20(15)22-14-25)13-23-7-9-24(10-8-23)16(2)17-5-3-4-6-17;1-6-4-5-7(2)9-8(6)3;1-2/h11-12,14,17H,2-10,13H2,1H3,(H,22,25);4-5H,1-3H3;1-2H3. The fraction of sp³-hybridized carbons (Fsp3) is 0.533. The molecule has 4 rings (SSSR count). The molecule has 2 heterocycles. The van der Waals surface area contributed by atoms with Crippen molar-refractivity contribution in [3.05, 3.63) is 70.4 Å². The van der Waals surface area contributed by atoms with Gasteiger partial charge in [-0.2, -0.15) is 0 Å². The number of amides is 1. The van der Waals surface area contributed by atoms with Gasteiger partial charge in [0.25, 0.3) is 0 Å². The van der Waals surface area contributed by atoms with Gasteiger partial charge in [0.05, 0.1) is 0 Å². The lowest BCUT2D eigenvalue weighted by Crippen LogP contribution is -2.46. The molecule has 1 saturated carbocycles. The highest BCUT2D eigenvalue weighted by atomic mass is 19.1. The van der Waals surface area contributed by atoms with Crippen LogP contribution in [0.5, 0.6) is 0 Å². The van der Waals surface area contributed by atoms with Crippen LogP contribution in [0.15, 0.2) is 36.5 Å². The molecular weight excluding hydrogens is 451 g/mol. The van der Waals surface area contributed by atoms with Crippen LogP contribution in [-0.2, 0) is 11.3 Å². The molecule has 198 valence electrons. The molecule has 1 aromatic carbocycles. The van der Waals surface area contributed by atoms with E-state index in [0.29, 0.717) is 24.6 Å². The molecule has 1 amide bonds. The number of carbonyl (C=O) groups excluding carboxylic acids is 1. The van der Waals surface area contributed by atoms with Crippen LogP contribution in [0.25, 0.3) is 0 Å². The highest BCUT2D eigenvalue weighted by Crippen LogP contribution is 2.32. The van der Waals surface area contributed by atoms with E-state index in [0.717, 1.165) is 48.7 Å². The number of pyridine rings is 1. The van der Waals surface area contributed by atoms with Gasteiger partial charge in [0, 0.05) is 55.5 Å². The van der Waals surface area contributed by atoms with Crippen LogP contribution in [0, 0.1) is 39.4 Å². The minimum absolute atomic E-state index is 0.307. The molecule has 2 aliphatic rings. The number of benzene rings is 1. The molecule has 5 nitrogen and oxygen atoms in total. The van der Waals surface area contributed by atoms with Gasteiger partial charge in [-0.1, -0.05) is 39.3 Å². The predicted octanol–water partition coefficient (Wildman–Crippen LogP) is 6.56. The number of halogens is 1. The Hall–Kier alpha value is -2.73. The van der Waals surface area contributed by atoms with Crippen LogP contribution in [0.4, 0.5) is 10.1 Å². The second-order valence-electron chi connectivity index (χ2n) is 9.59. The van der Waals surface area contributed by atoms with E-state index in [1.807, 2.05) is 40.7 Å². The van der Waals surface area contributed by atoms with Crippen LogP contribution in [0.2, 0.25) is 0 Å². The lowest BCUT2D eigenvalue weighted by Gasteiger charge is -2.39. The number of carbonyl (C=O) groups is 1. The summed E-state index contributed by atoms with van der Waals surface area (Å²) in [5.41, 5.74) is 7.24. The fourth-order valence-corrected chi connectivity index (χ4v) is 4.82. The first-order chi connectivity index (χ1) is 17.3. The molecule has 0 bridgehead atoms. The Bertz CT molecular complexity index is 993. The van der Waals surface area contributed by atoms with Gasteiger partial charge in [0.2, 0.25) is 6.41 Å². The largest absolute Gasteiger partial charge is 0.372 e. The van der Waals surface area contributed by atoms with Crippen molar-refractivity contribution in [3.8, 4) is 0 Å². The number of aryl methyl sites for hydroxylation is 3. The van der Waals surface area contributed by atoms with E-state index in [2.05, 4.69) is 39.7 Å². The highest BCUT2D eigenvalue weighted by Gasteiger charge is 2.25. The van der Waals surface area contributed by atoms with Gasteiger partial charge in [-0.15, -0.1) is 0 Å². The molecule has 1 saturated heterocycles. The quantitative estimate of drug-likeness (QED) is 0.460. The Kier molecular flexibility index (Phi) is 12.1. The third-order valence-electron chi connectivity index (χ3n) is 7.18. The van der Waals surface area contributed by atoms with Crippen molar-refractivity contribution in [2.75, 3.05) is 31.5 Å². The molecule has 6 heteroatoms. The van der Waals surface area contributed by atoms with E-state index < -0.39 is 0 Å². The van der Waals surface area contributed by atoms with Crippen molar-refractivity contribution in [1.29, 1.82) is 0 Å². The van der Waals surface area contributed by atoms with Crippen molar-refractivity contribution in [2.24, 2.45) is 5.92 Å². The van der Waals surface area contributed by atoms with E-state index in [1.54, 1.807) is 6.07 Å². The zero-order valence-electron chi connectivity index (χ0n) is 23.2. The van der Waals surface area contributed by atoms with Crippen molar-refractivity contribution in [3.63, 3.8) is 0 Å². The molecule has 2 fully saturated rings. The average Bonchev–Trinajstić information content (AvgIpc) is 3.41. The number of allylic oxidation sites excluding steroid dienone is 1. The van der Waals surface area contributed by atoms with Crippen molar-refractivity contribution in [2.45, 2.75) is 73.8 Å². The summed E-state index contributed by atoms with van der Waals surface area (Å²) in [6, 6.07) is 7.08. The maximum atomic E-state index is 13.8. The zero-order valence-corrected chi connectivity index (χ0v) is 23.2. The molecule has 0 atom stereocenters. The minimum Gasteiger partial charge on any atom is -0.372 e. The van der Waals surface area contributed by atoms with Gasteiger partial charge >= 0.3 is 0 Å². The van der Waals surface area contributed by atoms with Gasteiger partial charge in [-0.25, -0.2) is 4.39 Å². The van der Waals surface area contributed by atoms with Crippen molar-refractivity contribution >= 4 is 12.1 Å². The number of hydrogen-bond donors (Lipinski definition) is 1. The van der Waals surface area contributed by atoms with Crippen LogP contribution < -0.4 is 5.32 Å². The lowest BCUT2D eigenvalue weighted by atomic mass is 10.0. The van der Waals surface area contributed by atoms with Crippen LogP contribution in [0.3, 0.4) is 0 Å². The number of anilines is 1. The Labute approximate surface area is 217 Å². The number of nitrogens with zero attached hydrogens (tertiary/aromatic N) is 3. The predicted molar refractivity (Wildman–Crippen MR) is 149 cm³/mol. The molecule has 0 spiro atoms. The van der Waals surface area contributed by atoms with Gasteiger partial charge in [-0.3, -0.25) is 14.7 Å². The molecular formula is C30H45FN4O.